The van der Waals surface area contributed by atoms with Crippen molar-refractivity contribution in [2.45, 2.75) is 150 Å². The molecule has 6 aromatic rings. The van der Waals surface area contributed by atoms with Gasteiger partial charge in [-0.15, -0.1) is 35.0 Å². The SMILES string of the molecule is CC(O)[C@H](NC(=O)OCCOCCNS(=O)(=O)NC(=O)OCC1[C@H]2CCC#CCC[C@@H]12)C(=O)N[C@@H](CCCNC(N)=O)C(=O)Nc1ccc(COC(=O)NCCC(=O)Nc2cc(/C=C/C(=O)N3C[C@@H](CCl)c4c3cc(O[C@H]3O[C@H](CO)[C@@H](O)[C@H](O)[C@H]3O)c3ccccc43)ccc2/C=C/C(=O)N2C[C@@H](CCl)c3c2cc(O[C@@H]2O[C@H](CO)[C@@H](O)[C@H](O)[C@H]2O)c2ccccc32)cc1. The number of carbonyl (C=O) groups excluding carboxylic acids is 9. The van der Waals surface area contributed by atoms with Gasteiger partial charge in [0.25, 0.3) is 11.8 Å². The second kappa shape index (κ2) is 45.0. The largest absolute Gasteiger partial charge is 0.461 e. The maximum Gasteiger partial charge on any atom is 0.421 e. The van der Waals surface area contributed by atoms with Crippen LogP contribution in [0.2, 0.25) is 0 Å². The summed E-state index contributed by atoms with van der Waals surface area (Å²) in [6.45, 7) is -1.67. The van der Waals surface area contributed by atoms with Gasteiger partial charge >= 0.3 is 34.5 Å². The topological polar surface area (TPSA) is 572 Å². The summed E-state index contributed by atoms with van der Waals surface area (Å²) in [5.41, 5.74) is 8.84. The Morgan fingerprint density at radius 3 is 1.73 bits per heavy atom. The van der Waals surface area contributed by atoms with Crippen LogP contribution in [-0.2, 0) is 69.2 Å². The number of nitrogens with zero attached hydrogens (tertiary/aromatic N) is 2. The van der Waals surface area contributed by atoms with Gasteiger partial charge in [0.2, 0.25) is 30.3 Å². The summed E-state index contributed by atoms with van der Waals surface area (Å²) < 4.78 is 73.6. The molecule has 42 heteroatoms. The Morgan fingerprint density at radius 2 is 1.18 bits per heavy atom. The maximum atomic E-state index is 14.7. The Morgan fingerprint density at radius 1 is 0.612 bits per heavy atom. The Hall–Kier alpha value is -11.1. The van der Waals surface area contributed by atoms with Crippen molar-refractivity contribution in [1.29, 1.82) is 0 Å². The minimum atomic E-state index is -4.31. The van der Waals surface area contributed by atoms with Gasteiger partial charge < -0.3 is 131 Å². The van der Waals surface area contributed by atoms with Crippen LogP contribution in [0.3, 0.4) is 0 Å². The number of primary amides is 1. The summed E-state index contributed by atoms with van der Waals surface area (Å²) in [4.78, 5) is 124. The van der Waals surface area contributed by atoms with E-state index in [2.05, 4.69) is 48.5 Å². The number of ether oxygens (including phenoxy) is 8. The third kappa shape index (κ3) is 24.7. The molecule has 694 valence electrons. The van der Waals surface area contributed by atoms with E-state index >= 15 is 0 Å². The summed E-state index contributed by atoms with van der Waals surface area (Å²) in [6.07, 6.45) is -12.4. The number of carbonyl (C=O) groups is 9. The van der Waals surface area contributed by atoms with Gasteiger partial charge in [0.1, 0.15) is 85.6 Å². The molecule has 0 radical (unpaired) electrons. The van der Waals surface area contributed by atoms with E-state index in [1.807, 2.05) is 6.07 Å². The highest BCUT2D eigenvalue weighted by atomic mass is 35.5. The fourth-order valence-electron chi connectivity index (χ4n) is 16.1. The number of hydrogen-bond donors (Lipinski definition) is 18. The molecule has 4 heterocycles. The van der Waals surface area contributed by atoms with Crippen molar-refractivity contribution in [3.8, 4) is 23.3 Å². The molecule has 2 unspecified atom stereocenters. The second-order valence-corrected chi connectivity index (χ2v) is 33.7. The number of urea groups is 1. The van der Waals surface area contributed by atoms with E-state index in [0.29, 0.717) is 67.0 Å². The van der Waals surface area contributed by atoms with Crippen LogP contribution < -0.4 is 66.4 Å². The lowest BCUT2D eigenvalue weighted by Crippen LogP contribution is -2.60. The van der Waals surface area contributed by atoms with E-state index < -0.39 is 169 Å². The number of hydrogen-bond acceptors (Lipinski definition) is 28. The Bertz CT molecular complexity index is 5280. The molecular weight excluding hydrogens is 1750 g/mol. The number of halogens is 2. The molecule has 0 bridgehead atoms. The van der Waals surface area contributed by atoms with E-state index in [4.69, 9.17) is 66.8 Å². The third-order valence-electron chi connectivity index (χ3n) is 22.8. The van der Waals surface area contributed by atoms with Crippen LogP contribution in [-0.4, -0.2) is 272 Å². The smallest absolute Gasteiger partial charge is 0.421 e. The van der Waals surface area contributed by atoms with E-state index in [1.54, 1.807) is 77.5 Å². The molecule has 10 amide bonds. The second-order valence-electron chi connectivity index (χ2n) is 31.6. The highest BCUT2D eigenvalue weighted by molar-refractivity contribution is 7.88. The number of alkyl carbamates (subject to hydrolysis) is 2. The van der Waals surface area contributed by atoms with Crippen molar-refractivity contribution in [3.63, 3.8) is 0 Å². The van der Waals surface area contributed by atoms with Crippen LogP contribution >= 0.6 is 23.2 Å². The Labute approximate surface area is 750 Å². The monoisotopic (exact) mass is 1850 g/mol. The van der Waals surface area contributed by atoms with Crippen LogP contribution in [0, 0.1) is 29.6 Å². The molecule has 12 rings (SSSR count). The Balaban J connectivity index is 0.666. The van der Waals surface area contributed by atoms with Crippen molar-refractivity contribution in [2.75, 3.05) is 105 Å². The van der Waals surface area contributed by atoms with Crippen molar-refractivity contribution in [2.24, 2.45) is 23.5 Å². The van der Waals surface area contributed by atoms with Crippen LogP contribution in [0.25, 0.3) is 33.7 Å². The standard InChI is InChI=1S/C87H103Cl2N11O28S/c1-46(103)73(97-86(117)122-34-33-121-32-31-93-129(119,120)98-87(118)124-45-59-53-11-4-2-3-5-12-54(53)59)81(114)96-60(17-10-29-91-84(90)115)80(113)94-52-24-19-48(20-25-52)44-123-85(116)92-30-28-68(104)95-61-35-47(21-26-69(105)99-40-50(38-88)71-57-15-8-6-13-55(57)64(36-62(71)99)125-82-78(111)76(109)74(107)66(42-101)127-82)18-22-49(61)23-27-70(106)100-41-51(39-89)72-58-16-9-7-14-56(58)65(37-63(72)100)126-83-79(112)77(110)75(108)67(43-102)128-83/h6-9,13-16,18-27,35-37,46,50-51,53-54,59-60,66-67,73-79,82-83,93,101-103,107-112H,4-5,10-12,17,28-34,38-45H2,1H3,(H,92,116)(H,94,113)(H,95,104)(H,96,114)(H,97,117)(H,98,118)(H3,90,91,115)/b26-21+,27-23+/t46?,50-,51-,53-,54+,59?,60+,66-,67-,73+,74-,75-,76+,77+,78-,79-,82+,83-/m1/s1. The van der Waals surface area contributed by atoms with Crippen LogP contribution in [0.4, 0.5) is 41.9 Å². The first-order chi connectivity index (χ1) is 62.0. The first-order valence-electron chi connectivity index (χ1n) is 41.8. The molecule has 4 aliphatic heterocycles. The van der Waals surface area contributed by atoms with E-state index in [1.165, 1.54) is 65.3 Å². The third-order valence-corrected chi connectivity index (χ3v) is 24.6. The fraction of sp³-hybridized carbons (Fsp3) is 0.460. The maximum absolute atomic E-state index is 14.7. The summed E-state index contributed by atoms with van der Waals surface area (Å²) in [7, 11) is -4.31. The van der Waals surface area contributed by atoms with Gasteiger partial charge in [0.05, 0.1) is 50.5 Å². The molecular formula is C87H103Cl2N11O28S. The normalized spacial score (nSPS) is 24.0. The molecule has 129 heavy (non-hydrogen) atoms. The predicted molar refractivity (Wildman–Crippen MR) is 467 cm³/mol. The number of benzene rings is 6. The van der Waals surface area contributed by atoms with Gasteiger partial charge in [-0.25, -0.2) is 23.9 Å². The van der Waals surface area contributed by atoms with Gasteiger partial charge in [-0.05, 0) is 119 Å². The number of nitrogens with one attached hydrogen (secondary N) is 8. The highest BCUT2D eigenvalue weighted by Crippen LogP contribution is 2.53. The molecule has 6 aromatic carbocycles. The lowest BCUT2D eigenvalue weighted by atomic mass is 9.95. The molecule has 0 spiro atoms. The first-order valence-corrected chi connectivity index (χ1v) is 44.4. The number of nitrogens with two attached hydrogens (primary N) is 1. The number of rotatable bonds is 38. The Kier molecular flexibility index (Phi) is 33.8. The number of alkyl halides is 2. The molecule has 3 fully saturated rings. The van der Waals surface area contributed by atoms with Crippen LogP contribution in [0.15, 0.2) is 115 Å². The van der Waals surface area contributed by atoms with Gasteiger partial charge in [-0.3, -0.25) is 24.0 Å². The molecule has 2 aliphatic carbocycles. The predicted octanol–water partition coefficient (Wildman–Crippen LogP) is 2.73. The van der Waals surface area contributed by atoms with Gasteiger partial charge in [-0.1, -0.05) is 72.8 Å². The molecule has 19 N–H and O–H groups in total. The minimum Gasteiger partial charge on any atom is -0.461 e. The van der Waals surface area contributed by atoms with Crippen LogP contribution in [0.5, 0.6) is 11.5 Å². The van der Waals surface area contributed by atoms with Gasteiger partial charge in [-0.2, -0.15) is 13.1 Å². The molecule has 1 saturated carbocycles. The number of amides is 10. The molecule has 39 nitrogen and oxygen atoms in total. The first kappa shape index (κ1) is 97.0. The minimum absolute atomic E-state index is 0.00915. The summed E-state index contributed by atoms with van der Waals surface area (Å²) in [6, 6.07) is 24.1. The van der Waals surface area contributed by atoms with Crippen molar-refractivity contribution < 1.29 is 135 Å². The van der Waals surface area contributed by atoms with Crippen molar-refractivity contribution in [3.05, 3.63) is 143 Å². The fourth-order valence-corrected chi connectivity index (χ4v) is 17.3. The zero-order chi connectivity index (χ0) is 92.3. The zero-order valence-electron chi connectivity index (χ0n) is 69.8. The van der Waals surface area contributed by atoms with E-state index in [9.17, 15) is 97.5 Å². The van der Waals surface area contributed by atoms with E-state index in [0.717, 1.165) is 25.7 Å². The lowest BCUT2D eigenvalue weighted by molar-refractivity contribution is -0.277. The van der Waals surface area contributed by atoms with Gasteiger partial charge in [0, 0.05) is 122 Å². The van der Waals surface area contributed by atoms with Gasteiger partial charge in [0.15, 0.2) is 0 Å². The lowest BCUT2D eigenvalue weighted by Gasteiger charge is -2.39. The quantitative estimate of drug-likeness (QED) is 0.00871. The number of anilines is 4. The molecule has 18 atom stereocenters. The molecule has 0 aromatic heterocycles. The molecule has 6 aliphatic rings. The number of aliphatic hydroxyl groups is 9. The van der Waals surface area contributed by atoms with Crippen molar-refractivity contribution in [1.82, 2.24) is 30.7 Å². The van der Waals surface area contributed by atoms with E-state index in [-0.39, 0.29) is 130 Å². The summed E-state index contributed by atoms with van der Waals surface area (Å²) >= 11 is 13.2. The number of fused-ring (bicyclic) bond motifs is 7. The summed E-state index contributed by atoms with van der Waals surface area (Å²) in [5, 5.41) is 112. The average Bonchev–Trinajstić information content (AvgIpc) is 1.61. The average molecular weight is 1850 g/mol. The summed E-state index contributed by atoms with van der Waals surface area (Å²) in [5.74, 6) is 3.24. The van der Waals surface area contributed by atoms with Crippen molar-refractivity contribution >= 4 is 144 Å². The zero-order valence-corrected chi connectivity index (χ0v) is 72.1. The number of aliphatic hydroxyl groups excluding tert-OH is 9. The van der Waals surface area contributed by atoms with Crippen LogP contribution in [0.1, 0.15) is 91.5 Å². The molecule has 2 saturated heterocycles. The highest BCUT2D eigenvalue weighted by Gasteiger charge is 2.51.